The van der Waals surface area contributed by atoms with Crippen LogP contribution < -0.4 is 15.0 Å². The molecule has 6 nitrogen and oxygen atoms in total. The van der Waals surface area contributed by atoms with Gasteiger partial charge in [0.15, 0.2) is 0 Å². The number of anilines is 1. The van der Waals surface area contributed by atoms with Gasteiger partial charge in [0.2, 0.25) is 0 Å². The average molecular weight is 498 g/mol. The number of pyridine rings is 1. The summed E-state index contributed by atoms with van der Waals surface area (Å²) in [7, 11) is 0. The molecule has 1 aliphatic heterocycles. The molecular weight excluding hydrogens is 472 g/mol. The van der Waals surface area contributed by atoms with Crippen molar-refractivity contribution >= 4 is 28.5 Å². The zero-order valence-electron chi connectivity index (χ0n) is 19.5. The molecule has 0 spiro atoms. The maximum absolute atomic E-state index is 13.0. The van der Waals surface area contributed by atoms with Crippen molar-refractivity contribution < 1.29 is 13.5 Å². The van der Waals surface area contributed by atoms with E-state index < -0.39 is 6.61 Å². The molecule has 0 radical (unpaired) electrons. The quantitative estimate of drug-likeness (QED) is 0.371. The van der Waals surface area contributed by atoms with Crippen LogP contribution in [-0.4, -0.2) is 47.3 Å². The Morgan fingerprint density at radius 2 is 1.80 bits per heavy atom. The molecule has 5 rings (SSSR count). The molecule has 1 atom stereocenters. The van der Waals surface area contributed by atoms with Gasteiger partial charge in [-0.3, -0.25) is 0 Å². The highest BCUT2D eigenvalue weighted by Gasteiger charge is 2.21. The topological polar surface area (TPSA) is 55.2 Å². The van der Waals surface area contributed by atoms with Crippen LogP contribution in [0.4, 0.5) is 14.6 Å². The van der Waals surface area contributed by atoms with Gasteiger partial charge in [0.25, 0.3) is 0 Å². The number of benzene rings is 2. The second kappa shape index (κ2) is 9.79. The molecule has 1 saturated heterocycles. The fourth-order valence-corrected chi connectivity index (χ4v) is 4.89. The zero-order chi connectivity index (χ0) is 24.5. The van der Waals surface area contributed by atoms with Crippen LogP contribution in [0.1, 0.15) is 24.4 Å². The second-order valence-electron chi connectivity index (χ2n) is 8.61. The van der Waals surface area contributed by atoms with Gasteiger partial charge in [-0.05, 0) is 61.9 Å². The van der Waals surface area contributed by atoms with E-state index in [1.54, 1.807) is 12.1 Å². The van der Waals surface area contributed by atoms with Crippen LogP contribution in [0.15, 0.2) is 54.7 Å². The third kappa shape index (κ3) is 4.81. The molecule has 0 bridgehead atoms. The Bertz CT molecular complexity index is 1340. The predicted molar refractivity (Wildman–Crippen MR) is 135 cm³/mol. The Hall–Kier alpha value is -3.23. The van der Waals surface area contributed by atoms with Crippen LogP contribution >= 0.6 is 11.6 Å². The minimum Gasteiger partial charge on any atom is -0.434 e. The third-order valence-corrected chi connectivity index (χ3v) is 6.65. The van der Waals surface area contributed by atoms with E-state index in [-0.39, 0.29) is 11.8 Å². The van der Waals surface area contributed by atoms with Crippen molar-refractivity contribution in [3.05, 3.63) is 71.1 Å². The molecule has 1 fully saturated rings. The fourth-order valence-electron chi connectivity index (χ4n) is 4.71. The van der Waals surface area contributed by atoms with Gasteiger partial charge in [0.05, 0.1) is 17.1 Å². The van der Waals surface area contributed by atoms with Gasteiger partial charge >= 0.3 is 6.61 Å². The predicted octanol–water partition coefficient (Wildman–Crippen LogP) is 5.68. The monoisotopic (exact) mass is 497 g/mol. The number of nitrogens with zero attached hydrogens (tertiary/aromatic N) is 4. The van der Waals surface area contributed by atoms with Crippen molar-refractivity contribution in [3.8, 4) is 16.9 Å². The molecular formula is C26H26ClF2N5O. The van der Waals surface area contributed by atoms with E-state index in [9.17, 15) is 8.78 Å². The number of piperazine rings is 1. The molecule has 0 aliphatic carbocycles. The molecule has 4 aromatic rings. The summed E-state index contributed by atoms with van der Waals surface area (Å²) in [5.41, 5.74) is 4.27. The molecule has 3 heterocycles. The lowest BCUT2D eigenvalue weighted by atomic mass is 10.0. The number of hydrogen-bond donors (Lipinski definition) is 1. The van der Waals surface area contributed by atoms with Gasteiger partial charge in [0, 0.05) is 48.5 Å². The molecule has 0 saturated carbocycles. The number of aromatic nitrogens is 3. The maximum atomic E-state index is 13.0. The standard InChI is InChI=1S/C26H26ClF2N5O/c1-16(21-14-20(27)5-7-24(21)35-26(28)29)34-17(2)32-22-6-3-18(13-23(22)34)19-4-8-25(31-15-19)33-11-9-30-10-12-33/h3-8,13-16,26,30H,9-12H2,1-2H3/t16-/m0/s1. The highest BCUT2D eigenvalue weighted by Crippen LogP contribution is 2.35. The number of alkyl halides is 2. The summed E-state index contributed by atoms with van der Waals surface area (Å²) in [5, 5.41) is 3.80. The van der Waals surface area contributed by atoms with Crippen LogP contribution in [0.2, 0.25) is 5.02 Å². The lowest BCUT2D eigenvalue weighted by molar-refractivity contribution is -0.0506. The Kier molecular flexibility index (Phi) is 6.58. The summed E-state index contributed by atoms with van der Waals surface area (Å²) in [6.07, 6.45) is 1.89. The maximum Gasteiger partial charge on any atom is 0.387 e. The van der Waals surface area contributed by atoms with Crippen molar-refractivity contribution in [1.82, 2.24) is 19.9 Å². The first kappa shape index (κ1) is 23.5. The number of ether oxygens (including phenoxy) is 1. The van der Waals surface area contributed by atoms with Gasteiger partial charge in [-0.15, -0.1) is 0 Å². The van der Waals surface area contributed by atoms with Crippen LogP contribution in [0.25, 0.3) is 22.2 Å². The summed E-state index contributed by atoms with van der Waals surface area (Å²) in [6.45, 7) is 4.69. The summed E-state index contributed by atoms with van der Waals surface area (Å²) in [5.74, 6) is 1.83. The molecule has 9 heteroatoms. The van der Waals surface area contributed by atoms with Crippen molar-refractivity contribution in [3.63, 3.8) is 0 Å². The number of nitrogens with one attached hydrogen (secondary N) is 1. The molecule has 2 aromatic carbocycles. The van der Waals surface area contributed by atoms with Gasteiger partial charge in [-0.2, -0.15) is 8.78 Å². The Balaban J connectivity index is 1.51. The second-order valence-corrected chi connectivity index (χ2v) is 9.05. The van der Waals surface area contributed by atoms with Gasteiger partial charge in [-0.1, -0.05) is 17.7 Å². The van der Waals surface area contributed by atoms with E-state index in [0.717, 1.165) is 60.0 Å². The van der Waals surface area contributed by atoms with E-state index in [0.29, 0.717) is 10.6 Å². The smallest absolute Gasteiger partial charge is 0.387 e. The van der Waals surface area contributed by atoms with Gasteiger partial charge < -0.3 is 19.5 Å². The fraction of sp³-hybridized carbons (Fsp3) is 0.308. The van der Waals surface area contributed by atoms with Crippen LogP contribution in [0.3, 0.4) is 0 Å². The molecule has 182 valence electrons. The zero-order valence-corrected chi connectivity index (χ0v) is 20.3. The third-order valence-electron chi connectivity index (χ3n) is 6.41. The molecule has 1 N–H and O–H groups in total. The van der Waals surface area contributed by atoms with E-state index >= 15 is 0 Å². The number of halogens is 3. The summed E-state index contributed by atoms with van der Waals surface area (Å²) < 4.78 is 32.9. The number of rotatable bonds is 6. The lowest BCUT2D eigenvalue weighted by Gasteiger charge is -2.28. The van der Waals surface area contributed by atoms with Crippen molar-refractivity contribution in [2.24, 2.45) is 0 Å². The first-order valence-corrected chi connectivity index (χ1v) is 11.9. The van der Waals surface area contributed by atoms with Crippen molar-refractivity contribution in [2.75, 3.05) is 31.1 Å². The largest absolute Gasteiger partial charge is 0.434 e. The van der Waals surface area contributed by atoms with E-state index in [1.165, 1.54) is 6.07 Å². The first-order chi connectivity index (χ1) is 16.9. The Morgan fingerprint density at radius 1 is 1.03 bits per heavy atom. The van der Waals surface area contributed by atoms with Crippen molar-refractivity contribution in [1.29, 1.82) is 0 Å². The molecule has 2 aromatic heterocycles. The summed E-state index contributed by atoms with van der Waals surface area (Å²) in [6, 6.07) is 14.5. The van der Waals surface area contributed by atoms with Crippen molar-refractivity contribution in [2.45, 2.75) is 26.5 Å². The Morgan fingerprint density at radius 3 is 2.51 bits per heavy atom. The lowest BCUT2D eigenvalue weighted by Crippen LogP contribution is -2.43. The normalized spacial score (nSPS) is 15.1. The first-order valence-electron chi connectivity index (χ1n) is 11.6. The summed E-state index contributed by atoms with van der Waals surface area (Å²) in [4.78, 5) is 11.7. The number of fused-ring (bicyclic) bond motifs is 1. The van der Waals surface area contributed by atoms with E-state index in [4.69, 9.17) is 26.3 Å². The molecule has 35 heavy (non-hydrogen) atoms. The molecule has 0 unspecified atom stereocenters. The molecule has 1 aliphatic rings. The Labute approximate surface area is 207 Å². The van der Waals surface area contributed by atoms with Crippen LogP contribution in [-0.2, 0) is 0 Å². The minimum absolute atomic E-state index is 0.0991. The highest BCUT2D eigenvalue weighted by atomic mass is 35.5. The van der Waals surface area contributed by atoms with E-state index in [2.05, 4.69) is 28.4 Å². The average Bonchev–Trinajstić information content (AvgIpc) is 3.20. The van der Waals surface area contributed by atoms with Gasteiger partial charge in [-0.25, -0.2) is 9.97 Å². The minimum atomic E-state index is -2.92. The van der Waals surface area contributed by atoms with E-state index in [1.807, 2.05) is 36.7 Å². The SMILES string of the molecule is Cc1nc2ccc(-c3ccc(N4CCNCC4)nc3)cc2n1[C@@H](C)c1cc(Cl)ccc1OC(F)F. The highest BCUT2D eigenvalue weighted by molar-refractivity contribution is 6.30. The van der Waals surface area contributed by atoms with Crippen LogP contribution in [0, 0.1) is 6.92 Å². The number of imidazole rings is 1. The molecule has 0 amide bonds. The van der Waals surface area contributed by atoms with Gasteiger partial charge in [0.1, 0.15) is 17.4 Å². The number of aryl methyl sites for hydroxylation is 1. The van der Waals surface area contributed by atoms with Crippen LogP contribution in [0.5, 0.6) is 5.75 Å². The number of hydrogen-bond acceptors (Lipinski definition) is 5. The summed E-state index contributed by atoms with van der Waals surface area (Å²) >= 11 is 6.21.